The zero-order valence-corrected chi connectivity index (χ0v) is 11.2. The Morgan fingerprint density at radius 1 is 1.53 bits per heavy atom. The van der Waals surface area contributed by atoms with Gasteiger partial charge in [0.15, 0.2) is 11.6 Å². The van der Waals surface area contributed by atoms with Gasteiger partial charge in [0.1, 0.15) is 12.7 Å². The zero-order valence-electron chi connectivity index (χ0n) is 11.2. The van der Waals surface area contributed by atoms with Crippen molar-refractivity contribution in [3.63, 3.8) is 0 Å². The van der Waals surface area contributed by atoms with Gasteiger partial charge in [-0.1, -0.05) is 12.1 Å². The molecule has 106 valence electrons. The lowest BCUT2D eigenvalue weighted by molar-refractivity contribution is 0.0577. The molecule has 0 spiro atoms. The molecule has 1 aromatic rings. The first-order valence-electron chi connectivity index (χ1n) is 6.66. The summed E-state index contributed by atoms with van der Waals surface area (Å²) >= 11 is 0. The lowest BCUT2D eigenvalue weighted by Gasteiger charge is -2.33. The molecule has 19 heavy (non-hydrogen) atoms. The summed E-state index contributed by atoms with van der Waals surface area (Å²) in [7, 11) is 0. The van der Waals surface area contributed by atoms with E-state index in [9.17, 15) is 9.50 Å². The van der Waals surface area contributed by atoms with Gasteiger partial charge in [-0.05, 0) is 19.1 Å². The summed E-state index contributed by atoms with van der Waals surface area (Å²) in [5, 5.41) is 13.3. The second kappa shape index (κ2) is 6.84. The van der Waals surface area contributed by atoms with Gasteiger partial charge in [-0.15, -0.1) is 0 Å². The van der Waals surface area contributed by atoms with Gasteiger partial charge in [0.05, 0.1) is 0 Å². The fourth-order valence-corrected chi connectivity index (χ4v) is 2.28. The van der Waals surface area contributed by atoms with Gasteiger partial charge in [0.2, 0.25) is 0 Å². The second-order valence-corrected chi connectivity index (χ2v) is 5.01. The van der Waals surface area contributed by atoms with Crippen LogP contribution in [0, 0.1) is 5.82 Å². The molecule has 2 rings (SSSR count). The van der Waals surface area contributed by atoms with Crippen LogP contribution in [0.1, 0.15) is 6.92 Å². The van der Waals surface area contributed by atoms with E-state index in [0.29, 0.717) is 12.6 Å². The number of benzene rings is 1. The molecule has 0 saturated carbocycles. The molecule has 1 aromatic carbocycles. The Labute approximate surface area is 113 Å². The van der Waals surface area contributed by atoms with Crippen molar-refractivity contribution in [2.24, 2.45) is 0 Å². The number of aliphatic hydroxyl groups excluding tert-OH is 1. The average Bonchev–Trinajstić information content (AvgIpc) is 2.38. The molecular formula is C14H21FN2O2. The Bertz CT molecular complexity index is 403. The molecule has 1 aliphatic heterocycles. The Hall–Kier alpha value is -1.17. The van der Waals surface area contributed by atoms with Crippen LogP contribution in [0.5, 0.6) is 5.75 Å². The Morgan fingerprint density at radius 2 is 2.32 bits per heavy atom. The predicted molar refractivity (Wildman–Crippen MR) is 71.8 cm³/mol. The van der Waals surface area contributed by atoms with E-state index in [1.807, 2.05) is 0 Å². The third-order valence-electron chi connectivity index (χ3n) is 3.19. The number of piperazine rings is 1. The predicted octanol–water partition coefficient (Wildman–Crippen LogP) is 0.859. The Kier molecular flexibility index (Phi) is 5.13. The van der Waals surface area contributed by atoms with E-state index in [0.717, 1.165) is 19.6 Å². The van der Waals surface area contributed by atoms with Crippen molar-refractivity contribution in [3.05, 3.63) is 30.1 Å². The van der Waals surface area contributed by atoms with E-state index in [2.05, 4.69) is 17.1 Å². The standard InChI is InChI=1S/C14H21FN2O2/c1-11-8-17(7-6-16-11)9-12(18)10-19-14-5-3-2-4-13(14)15/h2-5,11-12,16,18H,6-10H2,1H3. The Morgan fingerprint density at radius 3 is 3.05 bits per heavy atom. The summed E-state index contributed by atoms with van der Waals surface area (Å²) in [5.74, 6) is -0.208. The normalized spacial score (nSPS) is 22.2. The van der Waals surface area contributed by atoms with Crippen molar-refractivity contribution in [1.29, 1.82) is 0 Å². The first-order valence-corrected chi connectivity index (χ1v) is 6.66. The molecule has 2 N–H and O–H groups in total. The van der Waals surface area contributed by atoms with Gasteiger partial charge in [-0.25, -0.2) is 4.39 Å². The summed E-state index contributed by atoms with van der Waals surface area (Å²) in [6.07, 6.45) is -0.607. The van der Waals surface area contributed by atoms with Gasteiger partial charge < -0.3 is 15.2 Å². The largest absolute Gasteiger partial charge is 0.488 e. The molecule has 0 bridgehead atoms. The first kappa shape index (κ1) is 14.2. The fraction of sp³-hybridized carbons (Fsp3) is 0.571. The highest BCUT2D eigenvalue weighted by molar-refractivity contribution is 5.23. The van der Waals surface area contributed by atoms with E-state index in [1.54, 1.807) is 18.2 Å². The SMILES string of the molecule is CC1CN(CC(O)COc2ccccc2F)CCN1. The van der Waals surface area contributed by atoms with Crippen LogP contribution in [0.2, 0.25) is 0 Å². The summed E-state index contributed by atoms with van der Waals surface area (Å²) in [5.41, 5.74) is 0. The molecule has 0 aromatic heterocycles. The number of rotatable bonds is 5. The van der Waals surface area contributed by atoms with Crippen LogP contribution >= 0.6 is 0 Å². The number of halogens is 1. The molecule has 1 heterocycles. The van der Waals surface area contributed by atoms with Crippen LogP contribution in [-0.2, 0) is 0 Å². The first-order chi connectivity index (χ1) is 9.15. The molecule has 2 atom stereocenters. The lowest BCUT2D eigenvalue weighted by Crippen LogP contribution is -2.51. The molecule has 0 amide bonds. The molecule has 5 heteroatoms. The monoisotopic (exact) mass is 268 g/mol. The maximum Gasteiger partial charge on any atom is 0.165 e. The van der Waals surface area contributed by atoms with Crippen LogP contribution < -0.4 is 10.1 Å². The van der Waals surface area contributed by atoms with Crippen molar-refractivity contribution in [2.75, 3.05) is 32.8 Å². The van der Waals surface area contributed by atoms with Gasteiger partial charge >= 0.3 is 0 Å². The summed E-state index contributed by atoms with van der Waals surface area (Å²) in [6, 6.07) is 6.67. The minimum Gasteiger partial charge on any atom is -0.488 e. The quantitative estimate of drug-likeness (QED) is 0.831. The van der Waals surface area contributed by atoms with E-state index in [1.165, 1.54) is 6.07 Å². The fourth-order valence-electron chi connectivity index (χ4n) is 2.28. The number of nitrogens with zero attached hydrogens (tertiary/aromatic N) is 1. The van der Waals surface area contributed by atoms with Crippen LogP contribution in [0.3, 0.4) is 0 Å². The van der Waals surface area contributed by atoms with Crippen molar-refractivity contribution >= 4 is 0 Å². The molecule has 1 saturated heterocycles. The number of hydrogen-bond acceptors (Lipinski definition) is 4. The number of hydrogen-bond donors (Lipinski definition) is 2. The highest BCUT2D eigenvalue weighted by Gasteiger charge is 2.18. The van der Waals surface area contributed by atoms with E-state index in [4.69, 9.17) is 4.74 Å². The van der Waals surface area contributed by atoms with Crippen LogP contribution in [0.15, 0.2) is 24.3 Å². The highest BCUT2D eigenvalue weighted by atomic mass is 19.1. The number of aliphatic hydroxyl groups is 1. The molecule has 1 fully saturated rings. The van der Waals surface area contributed by atoms with Gasteiger partial charge in [-0.2, -0.15) is 0 Å². The molecule has 0 aliphatic carbocycles. The third-order valence-corrected chi connectivity index (χ3v) is 3.19. The second-order valence-electron chi connectivity index (χ2n) is 5.01. The van der Waals surface area contributed by atoms with Gasteiger partial charge in [0.25, 0.3) is 0 Å². The van der Waals surface area contributed by atoms with Crippen molar-refractivity contribution in [3.8, 4) is 5.75 Å². The molecular weight excluding hydrogens is 247 g/mol. The highest BCUT2D eigenvalue weighted by Crippen LogP contribution is 2.15. The van der Waals surface area contributed by atoms with E-state index >= 15 is 0 Å². The van der Waals surface area contributed by atoms with Crippen LogP contribution in [0.25, 0.3) is 0 Å². The Balaban J connectivity index is 1.75. The molecule has 1 aliphatic rings. The van der Waals surface area contributed by atoms with E-state index < -0.39 is 11.9 Å². The topological polar surface area (TPSA) is 44.7 Å². The smallest absolute Gasteiger partial charge is 0.165 e. The molecule has 4 nitrogen and oxygen atoms in total. The van der Waals surface area contributed by atoms with Crippen molar-refractivity contribution in [2.45, 2.75) is 19.1 Å². The van der Waals surface area contributed by atoms with Gasteiger partial charge in [-0.3, -0.25) is 4.90 Å². The number of para-hydroxylation sites is 1. The third kappa shape index (κ3) is 4.45. The molecule has 0 radical (unpaired) electrons. The van der Waals surface area contributed by atoms with Crippen LogP contribution in [-0.4, -0.2) is 54.9 Å². The minimum atomic E-state index is -0.607. The number of β-amino-alcohol motifs (C(OH)–C–C–N with tert-alkyl or cyclic N) is 1. The van der Waals surface area contributed by atoms with Crippen molar-refractivity contribution < 1.29 is 14.2 Å². The lowest BCUT2D eigenvalue weighted by atomic mass is 10.2. The maximum absolute atomic E-state index is 13.3. The summed E-state index contributed by atoms with van der Waals surface area (Å²) < 4.78 is 18.6. The number of ether oxygens (including phenoxy) is 1. The van der Waals surface area contributed by atoms with Gasteiger partial charge in [0, 0.05) is 32.2 Å². The molecule has 2 unspecified atom stereocenters. The van der Waals surface area contributed by atoms with Crippen molar-refractivity contribution in [1.82, 2.24) is 10.2 Å². The zero-order chi connectivity index (χ0) is 13.7. The average molecular weight is 268 g/mol. The maximum atomic E-state index is 13.3. The minimum absolute atomic E-state index is 0.110. The van der Waals surface area contributed by atoms with Crippen LogP contribution in [0.4, 0.5) is 4.39 Å². The van der Waals surface area contributed by atoms with E-state index in [-0.39, 0.29) is 12.4 Å². The number of nitrogens with one attached hydrogen (secondary N) is 1. The summed E-state index contributed by atoms with van der Waals surface area (Å²) in [6.45, 7) is 5.55. The summed E-state index contributed by atoms with van der Waals surface area (Å²) in [4.78, 5) is 2.19.